The molecule has 0 spiro atoms. The van der Waals surface area contributed by atoms with Gasteiger partial charge in [-0.25, -0.2) is 4.98 Å². The fraction of sp³-hybridized carbons (Fsp3) is 0.444. The van der Waals surface area contributed by atoms with Gasteiger partial charge in [0.25, 0.3) is 0 Å². The summed E-state index contributed by atoms with van der Waals surface area (Å²) in [6, 6.07) is 8.34. The van der Waals surface area contributed by atoms with E-state index < -0.39 is 0 Å². The number of hydrogen-bond acceptors (Lipinski definition) is 4. The monoisotopic (exact) mass is 297 g/mol. The van der Waals surface area contributed by atoms with Gasteiger partial charge in [-0.3, -0.25) is 4.98 Å². The van der Waals surface area contributed by atoms with E-state index in [1.54, 1.807) is 12.4 Å². The van der Waals surface area contributed by atoms with Gasteiger partial charge < -0.3 is 10.1 Å². The first-order valence-corrected chi connectivity index (χ1v) is 8.08. The van der Waals surface area contributed by atoms with Crippen molar-refractivity contribution in [3.05, 3.63) is 47.9 Å². The summed E-state index contributed by atoms with van der Waals surface area (Å²) in [7, 11) is 0. The fourth-order valence-corrected chi connectivity index (χ4v) is 2.80. The van der Waals surface area contributed by atoms with Gasteiger partial charge >= 0.3 is 0 Å². The van der Waals surface area contributed by atoms with Crippen molar-refractivity contribution in [1.82, 2.24) is 9.97 Å². The van der Waals surface area contributed by atoms with Gasteiger partial charge in [0.1, 0.15) is 11.6 Å². The highest BCUT2D eigenvalue weighted by Gasteiger charge is 2.14. The molecule has 4 heteroatoms. The van der Waals surface area contributed by atoms with Crippen LogP contribution in [0.1, 0.15) is 43.4 Å². The second kappa shape index (κ2) is 7.25. The van der Waals surface area contributed by atoms with Gasteiger partial charge in [0.2, 0.25) is 0 Å². The maximum absolute atomic E-state index is 6.05. The van der Waals surface area contributed by atoms with Crippen LogP contribution in [0, 0.1) is 6.92 Å². The zero-order chi connectivity index (χ0) is 15.2. The number of anilines is 1. The van der Waals surface area contributed by atoms with Gasteiger partial charge in [-0.1, -0.05) is 18.6 Å². The van der Waals surface area contributed by atoms with E-state index in [4.69, 9.17) is 4.74 Å². The lowest BCUT2D eigenvalue weighted by atomic mass is 9.98. The molecule has 1 heterocycles. The highest BCUT2D eigenvalue weighted by Crippen LogP contribution is 2.23. The van der Waals surface area contributed by atoms with Crippen molar-refractivity contribution in [3.63, 3.8) is 0 Å². The first kappa shape index (κ1) is 14.8. The molecule has 4 nitrogen and oxygen atoms in total. The van der Waals surface area contributed by atoms with Crippen LogP contribution in [0.5, 0.6) is 5.75 Å². The Morgan fingerprint density at radius 1 is 1.09 bits per heavy atom. The first-order valence-electron chi connectivity index (χ1n) is 8.08. The topological polar surface area (TPSA) is 47.0 Å². The number of benzene rings is 1. The van der Waals surface area contributed by atoms with Crippen LogP contribution in [0.25, 0.3) is 0 Å². The molecule has 2 aromatic rings. The molecule has 1 N–H and O–H groups in total. The smallest absolute Gasteiger partial charge is 0.145 e. The summed E-state index contributed by atoms with van der Waals surface area (Å²) >= 11 is 0. The van der Waals surface area contributed by atoms with E-state index in [0.29, 0.717) is 6.10 Å². The van der Waals surface area contributed by atoms with Gasteiger partial charge in [-0.05, 0) is 50.3 Å². The number of aromatic nitrogens is 2. The Kier molecular flexibility index (Phi) is 4.88. The molecule has 1 aromatic carbocycles. The summed E-state index contributed by atoms with van der Waals surface area (Å²) < 4.78 is 6.05. The average Bonchev–Trinajstić information content (AvgIpc) is 2.55. The zero-order valence-corrected chi connectivity index (χ0v) is 13.1. The largest absolute Gasteiger partial charge is 0.490 e. The van der Waals surface area contributed by atoms with Crippen LogP contribution in [0.4, 0.5) is 5.82 Å². The van der Waals surface area contributed by atoms with Crippen molar-refractivity contribution in [3.8, 4) is 5.75 Å². The Balaban J connectivity index is 1.52. The molecule has 0 bridgehead atoms. The van der Waals surface area contributed by atoms with Crippen LogP contribution < -0.4 is 10.1 Å². The summed E-state index contributed by atoms with van der Waals surface area (Å²) in [4.78, 5) is 8.52. The quantitative estimate of drug-likeness (QED) is 0.902. The molecule has 0 atom stereocenters. The van der Waals surface area contributed by atoms with E-state index in [1.165, 1.54) is 37.7 Å². The Labute approximate surface area is 132 Å². The van der Waals surface area contributed by atoms with Crippen LogP contribution in [0.15, 0.2) is 36.7 Å². The molecule has 1 aromatic heterocycles. The van der Waals surface area contributed by atoms with Gasteiger partial charge in [0, 0.05) is 12.7 Å². The normalized spacial score (nSPS) is 15.5. The summed E-state index contributed by atoms with van der Waals surface area (Å²) in [5.74, 6) is 1.79. The van der Waals surface area contributed by atoms with Crippen LogP contribution in [-0.4, -0.2) is 16.1 Å². The Bertz CT molecular complexity index is 592. The first-order chi connectivity index (χ1) is 10.8. The van der Waals surface area contributed by atoms with E-state index in [2.05, 4.69) is 39.6 Å². The van der Waals surface area contributed by atoms with E-state index in [9.17, 15) is 0 Å². The Hall–Kier alpha value is -2.10. The second-order valence-corrected chi connectivity index (χ2v) is 5.92. The number of nitrogens with one attached hydrogen (secondary N) is 1. The van der Waals surface area contributed by atoms with Gasteiger partial charge in [0.05, 0.1) is 18.0 Å². The van der Waals surface area contributed by atoms with Gasteiger partial charge in [0.15, 0.2) is 0 Å². The summed E-state index contributed by atoms with van der Waals surface area (Å²) in [5.41, 5.74) is 2.13. The second-order valence-electron chi connectivity index (χ2n) is 5.92. The number of rotatable bonds is 5. The molecule has 22 heavy (non-hydrogen) atoms. The molecule has 0 radical (unpaired) electrons. The number of aryl methyl sites for hydroxylation is 1. The SMILES string of the molecule is Cc1cncc(NCc2ccc(OC3CCCCC3)cc2)n1. The minimum Gasteiger partial charge on any atom is -0.490 e. The minimum atomic E-state index is 0.403. The van der Waals surface area contributed by atoms with Crippen molar-refractivity contribution in [2.75, 3.05) is 5.32 Å². The third kappa shape index (κ3) is 4.20. The molecule has 1 aliphatic carbocycles. The lowest BCUT2D eigenvalue weighted by Crippen LogP contribution is -2.19. The summed E-state index contributed by atoms with van der Waals surface area (Å²) in [6.45, 7) is 2.68. The Morgan fingerprint density at radius 2 is 1.86 bits per heavy atom. The van der Waals surface area contributed by atoms with E-state index in [-0.39, 0.29) is 0 Å². The number of ether oxygens (including phenoxy) is 1. The molecule has 1 aliphatic rings. The maximum atomic E-state index is 6.05. The predicted octanol–water partition coefficient (Wildman–Crippen LogP) is 4.11. The third-order valence-electron chi connectivity index (χ3n) is 4.01. The zero-order valence-electron chi connectivity index (χ0n) is 13.1. The standard InChI is InChI=1S/C18H23N3O/c1-14-11-19-13-18(21-14)20-12-15-7-9-17(10-8-15)22-16-5-3-2-4-6-16/h7-11,13,16H,2-6,12H2,1H3,(H,20,21). The van der Waals surface area contributed by atoms with E-state index in [1.807, 2.05) is 6.92 Å². The molecule has 0 amide bonds. The van der Waals surface area contributed by atoms with Crippen LogP contribution >= 0.6 is 0 Å². The van der Waals surface area contributed by atoms with Crippen molar-refractivity contribution in [2.45, 2.75) is 51.7 Å². The highest BCUT2D eigenvalue weighted by atomic mass is 16.5. The molecular weight excluding hydrogens is 274 g/mol. The van der Waals surface area contributed by atoms with E-state index in [0.717, 1.165) is 23.8 Å². The molecule has 1 saturated carbocycles. The number of hydrogen-bond donors (Lipinski definition) is 1. The molecule has 3 rings (SSSR count). The Morgan fingerprint density at radius 3 is 2.59 bits per heavy atom. The van der Waals surface area contributed by atoms with Gasteiger partial charge in [-0.15, -0.1) is 0 Å². The van der Waals surface area contributed by atoms with Crippen molar-refractivity contribution >= 4 is 5.82 Å². The van der Waals surface area contributed by atoms with Gasteiger partial charge in [-0.2, -0.15) is 0 Å². The minimum absolute atomic E-state index is 0.403. The molecule has 0 aliphatic heterocycles. The summed E-state index contributed by atoms with van der Waals surface area (Å²) in [6.07, 6.45) is 10.2. The molecule has 0 saturated heterocycles. The maximum Gasteiger partial charge on any atom is 0.145 e. The third-order valence-corrected chi connectivity index (χ3v) is 4.01. The van der Waals surface area contributed by atoms with E-state index >= 15 is 0 Å². The molecule has 0 unspecified atom stereocenters. The van der Waals surface area contributed by atoms with Crippen molar-refractivity contribution < 1.29 is 4.74 Å². The highest BCUT2D eigenvalue weighted by molar-refractivity contribution is 5.35. The van der Waals surface area contributed by atoms with Crippen molar-refractivity contribution in [2.24, 2.45) is 0 Å². The van der Waals surface area contributed by atoms with Crippen LogP contribution in [-0.2, 0) is 6.54 Å². The fourth-order valence-electron chi connectivity index (χ4n) is 2.80. The average molecular weight is 297 g/mol. The van der Waals surface area contributed by atoms with Crippen LogP contribution in [0.3, 0.4) is 0 Å². The number of nitrogens with zero attached hydrogens (tertiary/aromatic N) is 2. The molecule has 1 fully saturated rings. The predicted molar refractivity (Wildman–Crippen MR) is 88.0 cm³/mol. The van der Waals surface area contributed by atoms with Crippen LogP contribution in [0.2, 0.25) is 0 Å². The summed E-state index contributed by atoms with van der Waals surface area (Å²) in [5, 5.41) is 3.29. The molecular formula is C18H23N3O. The molecule has 116 valence electrons. The lowest BCUT2D eigenvalue weighted by molar-refractivity contribution is 0.155. The lowest BCUT2D eigenvalue weighted by Gasteiger charge is -2.23. The van der Waals surface area contributed by atoms with Crippen molar-refractivity contribution in [1.29, 1.82) is 0 Å².